The van der Waals surface area contributed by atoms with E-state index < -0.39 is 5.97 Å². The largest absolute Gasteiger partial charge is 0.481 e. The fourth-order valence-corrected chi connectivity index (χ4v) is 7.47. The molecular weight excluding hydrogens is 420 g/mol. The molecule has 4 rings (SSSR count). The molecule has 0 radical (unpaired) electrons. The van der Waals surface area contributed by atoms with Gasteiger partial charge in [-0.25, -0.2) is 0 Å². The molecule has 3 fully saturated rings. The lowest BCUT2D eigenvalue weighted by Crippen LogP contribution is -2.51. The number of carbonyl (C=O) groups excluding carboxylic acids is 1. The number of aliphatic hydroxyl groups is 1. The van der Waals surface area contributed by atoms with E-state index in [2.05, 4.69) is 30.4 Å². The molecule has 4 unspecified atom stereocenters. The molecule has 0 spiro atoms. The van der Waals surface area contributed by atoms with Gasteiger partial charge in [-0.3, -0.25) is 9.59 Å². The van der Waals surface area contributed by atoms with Crippen LogP contribution in [0.3, 0.4) is 0 Å². The topological polar surface area (TPSA) is 108 Å². The molecule has 4 aliphatic rings. The van der Waals surface area contributed by atoms with Crippen LogP contribution in [-0.4, -0.2) is 47.1 Å². The van der Waals surface area contributed by atoms with E-state index in [4.69, 9.17) is 9.94 Å². The Morgan fingerprint density at radius 2 is 1.94 bits per heavy atom. The molecule has 6 atom stereocenters. The smallest absolute Gasteiger partial charge is 0.303 e. The van der Waals surface area contributed by atoms with Crippen molar-refractivity contribution in [3.63, 3.8) is 0 Å². The summed E-state index contributed by atoms with van der Waals surface area (Å²) in [5, 5.41) is 26.3. The van der Waals surface area contributed by atoms with E-state index in [0.29, 0.717) is 31.2 Å². The molecule has 33 heavy (non-hydrogen) atoms. The fourth-order valence-electron chi connectivity index (χ4n) is 7.47. The number of fused-ring (bicyclic) bond motifs is 5. The second-order valence-electron chi connectivity index (χ2n) is 11.2. The third-order valence-corrected chi connectivity index (χ3v) is 9.44. The number of nitrogens with zero attached hydrogens (tertiary/aromatic N) is 1. The molecule has 0 saturated heterocycles. The maximum Gasteiger partial charge on any atom is 0.303 e. The first-order chi connectivity index (χ1) is 15.7. The average molecular weight is 461 g/mol. The van der Waals surface area contributed by atoms with Crippen molar-refractivity contribution in [2.24, 2.45) is 33.7 Å². The maximum absolute atomic E-state index is 11.9. The van der Waals surface area contributed by atoms with Crippen molar-refractivity contribution in [1.29, 1.82) is 0 Å². The lowest BCUT2D eigenvalue weighted by Gasteiger charge is -2.57. The van der Waals surface area contributed by atoms with Crippen molar-refractivity contribution in [1.82, 2.24) is 5.32 Å². The van der Waals surface area contributed by atoms with Crippen LogP contribution in [-0.2, 0) is 14.4 Å². The minimum Gasteiger partial charge on any atom is -0.481 e. The molecule has 3 N–H and O–H groups in total. The normalized spacial score (nSPS) is 38.6. The molecule has 4 aliphatic carbocycles. The summed E-state index contributed by atoms with van der Waals surface area (Å²) in [5.74, 6) is 1.02. The highest BCUT2D eigenvalue weighted by Gasteiger charge is 2.58. The second-order valence-corrected chi connectivity index (χ2v) is 11.2. The Bertz CT molecular complexity index is 823. The average Bonchev–Trinajstić information content (AvgIpc) is 3.08. The van der Waals surface area contributed by atoms with Crippen molar-refractivity contribution in [2.75, 3.05) is 13.2 Å². The molecule has 0 aromatic heterocycles. The monoisotopic (exact) mass is 460 g/mol. The van der Waals surface area contributed by atoms with E-state index in [0.717, 1.165) is 43.7 Å². The van der Waals surface area contributed by atoms with Crippen molar-refractivity contribution >= 4 is 17.6 Å². The summed E-state index contributed by atoms with van der Waals surface area (Å²) in [7, 11) is 0. The number of amides is 1. The summed E-state index contributed by atoms with van der Waals surface area (Å²) in [6.45, 7) is 5.11. The Balaban J connectivity index is 1.30. The number of carboxylic acids is 1. The highest BCUT2D eigenvalue weighted by atomic mass is 16.6. The van der Waals surface area contributed by atoms with Gasteiger partial charge in [0.1, 0.15) is 0 Å². The fraction of sp³-hybridized carbons (Fsp3) is 0.808. The molecule has 1 amide bonds. The summed E-state index contributed by atoms with van der Waals surface area (Å²) in [6, 6.07) is 0. The van der Waals surface area contributed by atoms with Crippen LogP contribution in [0.25, 0.3) is 0 Å². The van der Waals surface area contributed by atoms with Gasteiger partial charge >= 0.3 is 5.97 Å². The van der Waals surface area contributed by atoms with Crippen molar-refractivity contribution in [2.45, 2.75) is 90.6 Å². The van der Waals surface area contributed by atoms with Crippen LogP contribution in [0.15, 0.2) is 16.8 Å². The van der Waals surface area contributed by atoms with Gasteiger partial charge < -0.3 is 20.4 Å². The van der Waals surface area contributed by atoms with E-state index in [1.165, 1.54) is 24.8 Å². The number of allylic oxidation sites excluding steroid dienone is 2. The van der Waals surface area contributed by atoms with Gasteiger partial charge in [0, 0.05) is 13.0 Å². The molecular formula is C26H40N2O5. The summed E-state index contributed by atoms with van der Waals surface area (Å²) in [5.41, 5.74) is 2.74. The number of rotatable bonds is 8. The van der Waals surface area contributed by atoms with Crippen LogP contribution in [0.4, 0.5) is 0 Å². The summed E-state index contributed by atoms with van der Waals surface area (Å²) >= 11 is 0. The van der Waals surface area contributed by atoms with Gasteiger partial charge in [0.25, 0.3) is 5.91 Å². The van der Waals surface area contributed by atoms with E-state index in [9.17, 15) is 14.7 Å². The lowest BCUT2D eigenvalue weighted by atomic mass is 9.47. The Hall–Kier alpha value is -1.89. The number of aliphatic hydroxyl groups excluding tert-OH is 1. The van der Waals surface area contributed by atoms with Crippen LogP contribution in [0, 0.1) is 28.6 Å². The molecule has 7 heteroatoms. The van der Waals surface area contributed by atoms with Crippen LogP contribution in [0.2, 0.25) is 0 Å². The van der Waals surface area contributed by atoms with E-state index in [-0.39, 0.29) is 35.9 Å². The molecule has 0 aromatic carbocycles. The van der Waals surface area contributed by atoms with Crippen LogP contribution < -0.4 is 5.32 Å². The number of hydrogen-bond donors (Lipinski definition) is 3. The molecule has 0 heterocycles. The molecule has 0 aromatic rings. The molecule has 0 bridgehead atoms. The number of carbonyl (C=O) groups is 2. The highest BCUT2D eigenvalue weighted by Crippen LogP contribution is 2.65. The van der Waals surface area contributed by atoms with Crippen molar-refractivity contribution in [3.05, 3.63) is 11.6 Å². The first kappa shape index (κ1) is 24.2. The summed E-state index contributed by atoms with van der Waals surface area (Å²) in [6.07, 6.45) is 12.1. The van der Waals surface area contributed by atoms with Crippen LogP contribution in [0.5, 0.6) is 0 Å². The molecule has 7 nitrogen and oxygen atoms in total. The van der Waals surface area contributed by atoms with E-state index >= 15 is 0 Å². The third kappa shape index (κ3) is 4.84. The quantitative estimate of drug-likeness (QED) is 0.374. The molecule has 3 saturated carbocycles. The van der Waals surface area contributed by atoms with E-state index in [1.54, 1.807) is 0 Å². The number of carboxylic acid groups (broad SMARTS) is 1. The first-order valence-corrected chi connectivity index (χ1v) is 12.8. The molecule has 0 aliphatic heterocycles. The second kappa shape index (κ2) is 9.77. The van der Waals surface area contributed by atoms with Crippen LogP contribution in [0.1, 0.15) is 84.5 Å². The number of hydrogen-bond acceptors (Lipinski definition) is 5. The van der Waals surface area contributed by atoms with Gasteiger partial charge in [-0.05, 0) is 98.9 Å². The maximum atomic E-state index is 11.9. The van der Waals surface area contributed by atoms with Crippen molar-refractivity contribution in [3.8, 4) is 0 Å². The zero-order valence-corrected chi connectivity index (χ0v) is 20.1. The Labute approximate surface area is 197 Å². The Morgan fingerprint density at radius 3 is 2.73 bits per heavy atom. The lowest BCUT2D eigenvalue weighted by molar-refractivity contribution is -0.137. The summed E-state index contributed by atoms with van der Waals surface area (Å²) in [4.78, 5) is 27.7. The number of aliphatic carboxylic acids is 1. The minimum atomic E-state index is -0.814. The number of oxime groups is 1. The summed E-state index contributed by atoms with van der Waals surface area (Å²) < 4.78 is 0. The predicted molar refractivity (Wildman–Crippen MR) is 126 cm³/mol. The minimum absolute atomic E-state index is 0.115. The number of nitrogens with one attached hydrogen (secondary N) is 1. The standard InChI is InChI=1S/C26H40N2O5/c1-25-12-10-18(28-33-16-23(30)27-14-4-3-5-24(31)32)15-17(25)6-7-19-20-8-9-22(29)26(20,2)13-11-21(19)25/h15,19-22,29H,3-14,16H2,1-2H3,(H,27,30)(H,31,32)/t19?,20?,21?,22?,25-,26-/m0/s1. The van der Waals surface area contributed by atoms with Crippen LogP contribution >= 0.6 is 0 Å². The SMILES string of the molecule is C[C@]12CCC3C(CCC4=CC(=NOCC(=O)NCCCCC(=O)O)CC[C@@]43C)C1CCC2O. The van der Waals surface area contributed by atoms with Gasteiger partial charge in [-0.15, -0.1) is 0 Å². The zero-order chi connectivity index (χ0) is 23.6. The predicted octanol–water partition coefficient (Wildman–Crippen LogP) is 4.05. The van der Waals surface area contributed by atoms with E-state index in [1.807, 2.05) is 0 Å². The van der Waals surface area contributed by atoms with Gasteiger partial charge in [0.2, 0.25) is 0 Å². The molecule has 184 valence electrons. The number of unbranched alkanes of at least 4 members (excludes halogenated alkanes) is 1. The van der Waals surface area contributed by atoms with Gasteiger partial charge in [0.15, 0.2) is 6.61 Å². The van der Waals surface area contributed by atoms with Gasteiger partial charge in [0.05, 0.1) is 11.8 Å². The zero-order valence-electron chi connectivity index (χ0n) is 20.1. The first-order valence-electron chi connectivity index (χ1n) is 12.8. The Morgan fingerprint density at radius 1 is 1.12 bits per heavy atom. The Kier molecular flexibility index (Phi) is 7.18. The highest BCUT2D eigenvalue weighted by molar-refractivity contribution is 5.96. The third-order valence-electron chi connectivity index (χ3n) is 9.44. The van der Waals surface area contributed by atoms with Gasteiger partial charge in [-0.2, -0.15) is 0 Å². The van der Waals surface area contributed by atoms with Gasteiger partial charge in [-0.1, -0.05) is 24.6 Å². The van der Waals surface area contributed by atoms with Crippen molar-refractivity contribution < 1.29 is 24.6 Å².